The Hall–Kier alpha value is -2.75. The van der Waals surface area contributed by atoms with Gasteiger partial charge in [0.2, 0.25) is 6.04 Å². The van der Waals surface area contributed by atoms with E-state index in [4.69, 9.17) is 0 Å². The fourth-order valence-electron chi connectivity index (χ4n) is 5.94. The summed E-state index contributed by atoms with van der Waals surface area (Å²) in [6, 6.07) is 30.1. The smallest absolute Gasteiger partial charge is 0.207 e. The van der Waals surface area contributed by atoms with E-state index in [-0.39, 0.29) is 16.8 Å². The van der Waals surface area contributed by atoms with E-state index in [1.54, 1.807) is 0 Å². The predicted molar refractivity (Wildman–Crippen MR) is 120 cm³/mol. The quantitative estimate of drug-likeness (QED) is 0.289. The molecule has 4 aromatic rings. The topological polar surface area (TPSA) is 0 Å². The molecule has 0 saturated carbocycles. The molecule has 2 bridgehead atoms. The fourth-order valence-corrected chi connectivity index (χ4v) is 5.94. The average molecular weight is 399 g/mol. The molecule has 2 nitrogen and oxygen atoms in total. The SMILES string of the molecule is C[N+]12CC[N+](F)(CC1)[C@@H](c1ccc3ccccc3c1)[C@@H]2c1ccc2ccccc2c1. The molecule has 0 aliphatic carbocycles. The highest BCUT2D eigenvalue weighted by Crippen LogP contribution is 2.53. The molecule has 3 aliphatic heterocycles. The second-order valence-electron chi connectivity index (χ2n) is 9.40. The molecule has 0 N–H and O–H groups in total. The van der Waals surface area contributed by atoms with Crippen LogP contribution in [0.15, 0.2) is 84.9 Å². The van der Waals surface area contributed by atoms with Gasteiger partial charge in [0, 0.05) is 11.1 Å². The van der Waals surface area contributed by atoms with E-state index < -0.39 is 0 Å². The van der Waals surface area contributed by atoms with Crippen molar-refractivity contribution in [3.05, 3.63) is 96.1 Å². The minimum absolute atomic E-state index is 0.114. The molecule has 0 amide bonds. The van der Waals surface area contributed by atoms with Gasteiger partial charge in [-0.1, -0.05) is 72.8 Å². The molecular weight excluding hydrogens is 371 g/mol. The van der Waals surface area contributed by atoms with Crippen molar-refractivity contribution in [1.82, 2.24) is 0 Å². The number of halogens is 1. The van der Waals surface area contributed by atoms with Crippen molar-refractivity contribution in [1.29, 1.82) is 0 Å². The lowest BCUT2D eigenvalue weighted by Crippen LogP contribution is -2.72. The fraction of sp³-hybridized carbons (Fsp3) is 0.259. The first-order valence-corrected chi connectivity index (χ1v) is 10.9. The van der Waals surface area contributed by atoms with Crippen molar-refractivity contribution in [3.8, 4) is 0 Å². The molecule has 30 heavy (non-hydrogen) atoms. The Kier molecular flexibility index (Phi) is 3.83. The highest BCUT2D eigenvalue weighted by atomic mass is 19.2. The van der Waals surface area contributed by atoms with E-state index in [0.717, 1.165) is 23.1 Å². The predicted octanol–water partition coefficient (Wildman–Crippen LogP) is 5.95. The number of likely N-dealkylation sites (N-methyl/N-ethyl adjacent to an activating group) is 1. The lowest BCUT2D eigenvalue weighted by atomic mass is 9.83. The number of rotatable bonds is 2. The molecule has 7 rings (SSSR count). The molecule has 3 heteroatoms. The van der Waals surface area contributed by atoms with E-state index in [1.807, 2.05) is 0 Å². The third kappa shape index (κ3) is 2.62. The number of hydrogen-bond acceptors (Lipinski definition) is 0. The van der Waals surface area contributed by atoms with Crippen LogP contribution in [0.4, 0.5) is 4.48 Å². The van der Waals surface area contributed by atoms with Gasteiger partial charge in [-0.25, -0.2) is 0 Å². The van der Waals surface area contributed by atoms with Gasteiger partial charge in [-0.05, 0) is 38.2 Å². The molecule has 0 radical (unpaired) electrons. The second-order valence-corrected chi connectivity index (χ2v) is 9.40. The van der Waals surface area contributed by atoms with Crippen molar-refractivity contribution in [2.75, 3.05) is 33.2 Å². The summed E-state index contributed by atoms with van der Waals surface area (Å²) >= 11 is 0. The zero-order valence-electron chi connectivity index (χ0n) is 17.3. The third-order valence-electron chi connectivity index (χ3n) is 7.66. The highest BCUT2D eigenvalue weighted by molar-refractivity contribution is 5.84. The number of quaternary nitrogens is 2. The Morgan fingerprint density at radius 3 is 1.60 bits per heavy atom. The molecular formula is C27H27FN2+2. The lowest BCUT2D eigenvalue weighted by molar-refractivity contribution is -1.18. The molecule has 2 atom stereocenters. The van der Waals surface area contributed by atoms with E-state index >= 15 is 4.48 Å². The van der Waals surface area contributed by atoms with Gasteiger partial charge in [0.15, 0.2) is 19.1 Å². The number of hydrogen-bond donors (Lipinski definition) is 0. The van der Waals surface area contributed by atoms with E-state index in [9.17, 15) is 0 Å². The Bertz CT molecular complexity index is 1160. The third-order valence-corrected chi connectivity index (χ3v) is 7.66. The maximum atomic E-state index is 16.4. The van der Waals surface area contributed by atoms with Gasteiger partial charge in [0.05, 0.1) is 7.05 Å². The molecule has 4 aromatic carbocycles. The first kappa shape index (κ1) is 18.1. The summed E-state index contributed by atoms with van der Waals surface area (Å²) in [5.74, 6) is 0. The van der Waals surface area contributed by atoms with Gasteiger partial charge in [0.1, 0.15) is 13.1 Å². The Morgan fingerprint density at radius 1 is 0.600 bits per heavy atom. The highest BCUT2D eigenvalue weighted by Gasteiger charge is 2.63. The summed E-state index contributed by atoms with van der Waals surface area (Å²) in [4.78, 5) is 0. The van der Waals surface area contributed by atoms with Gasteiger partial charge in [-0.3, -0.25) is 0 Å². The maximum Gasteiger partial charge on any atom is 0.207 e. The molecule has 3 heterocycles. The first-order valence-electron chi connectivity index (χ1n) is 10.9. The summed E-state index contributed by atoms with van der Waals surface area (Å²) in [6.07, 6.45) is 0. The van der Waals surface area contributed by atoms with Crippen LogP contribution in [0.3, 0.4) is 0 Å². The Morgan fingerprint density at radius 2 is 1.07 bits per heavy atom. The van der Waals surface area contributed by atoms with E-state index in [2.05, 4.69) is 92.0 Å². The average Bonchev–Trinajstić information content (AvgIpc) is 2.79. The second kappa shape index (κ2) is 6.37. The number of fused-ring (bicyclic) bond motifs is 5. The number of benzene rings is 4. The zero-order chi connectivity index (χ0) is 20.3. The van der Waals surface area contributed by atoms with Crippen LogP contribution in [0.5, 0.6) is 0 Å². The zero-order valence-corrected chi connectivity index (χ0v) is 17.3. The molecule has 0 aromatic heterocycles. The molecule has 3 fully saturated rings. The van der Waals surface area contributed by atoms with Crippen molar-refractivity contribution in [3.63, 3.8) is 0 Å². The molecule has 0 unspecified atom stereocenters. The monoisotopic (exact) mass is 398 g/mol. The van der Waals surface area contributed by atoms with Crippen molar-refractivity contribution < 1.29 is 13.7 Å². The van der Waals surface area contributed by atoms with Gasteiger partial charge < -0.3 is 4.48 Å². The molecule has 150 valence electrons. The summed E-state index contributed by atoms with van der Waals surface area (Å²) in [7, 11) is 2.33. The van der Waals surface area contributed by atoms with Crippen LogP contribution in [0.2, 0.25) is 0 Å². The summed E-state index contributed by atoms with van der Waals surface area (Å²) < 4.78 is 17.0. The summed E-state index contributed by atoms with van der Waals surface area (Å²) in [5.41, 5.74) is 2.38. The van der Waals surface area contributed by atoms with Crippen LogP contribution in [0.1, 0.15) is 23.2 Å². The van der Waals surface area contributed by atoms with Gasteiger partial charge in [0.25, 0.3) is 0 Å². The van der Waals surface area contributed by atoms with Gasteiger partial charge in [-0.15, -0.1) is 4.71 Å². The largest absolute Gasteiger partial charge is 0.305 e. The number of piperazine rings is 3. The van der Waals surface area contributed by atoms with Crippen LogP contribution in [0.25, 0.3) is 21.5 Å². The van der Waals surface area contributed by atoms with Crippen LogP contribution < -0.4 is 0 Å². The van der Waals surface area contributed by atoms with Crippen LogP contribution in [-0.2, 0) is 0 Å². The summed E-state index contributed by atoms with van der Waals surface area (Å²) in [5, 5.41) is 4.89. The molecule has 3 aliphatic rings. The van der Waals surface area contributed by atoms with Crippen molar-refractivity contribution >= 4 is 21.5 Å². The Labute approximate surface area is 176 Å². The van der Waals surface area contributed by atoms with Crippen molar-refractivity contribution in [2.24, 2.45) is 0 Å². The van der Waals surface area contributed by atoms with E-state index in [1.165, 1.54) is 27.1 Å². The molecule has 3 saturated heterocycles. The first-order chi connectivity index (χ1) is 14.6. The maximum absolute atomic E-state index is 16.4. The molecule has 0 spiro atoms. The van der Waals surface area contributed by atoms with Crippen molar-refractivity contribution in [2.45, 2.75) is 12.1 Å². The van der Waals surface area contributed by atoms with Crippen LogP contribution in [-0.4, -0.2) is 42.4 Å². The normalized spacial score (nSPS) is 30.7. The van der Waals surface area contributed by atoms with E-state index in [0.29, 0.717) is 13.1 Å². The van der Waals surface area contributed by atoms with Crippen LogP contribution in [0, 0.1) is 0 Å². The minimum Gasteiger partial charge on any atom is -0.305 e. The Balaban J connectivity index is 1.55. The van der Waals surface area contributed by atoms with Gasteiger partial charge in [-0.2, -0.15) is 0 Å². The minimum atomic E-state index is -0.344. The lowest BCUT2D eigenvalue weighted by Gasteiger charge is -2.57. The number of nitrogens with zero attached hydrogens (tertiary/aromatic N) is 2. The standard InChI is InChI=1S/C27H27FN2/c1-29-14-16-30(28,17-15-29)27(25-13-11-21-7-3-5-9-23(21)19-25)26(29)24-12-10-20-6-2-4-8-22(20)18-24/h2-13,18-19,26-27H,14-17H2,1H3/q+2/t26-,27-,29?,30?/m0/s1. The summed E-state index contributed by atoms with van der Waals surface area (Å²) in [6.45, 7) is 2.96. The van der Waals surface area contributed by atoms with Crippen LogP contribution >= 0.6 is 0 Å². The van der Waals surface area contributed by atoms with Gasteiger partial charge >= 0.3 is 0 Å².